The summed E-state index contributed by atoms with van der Waals surface area (Å²) in [7, 11) is 0. The van der Waals surface area contributed by atoms with Crippen LogP contribution < -0.4 is 5.56 Å². The first-order valence-electron chi connectivity index (χ1n) is 4.14. The van der Waals surface area contributed by atoms with E-state index < -0.39 is 29.9 Å². The van der Waals surface area contributed by atoms with Crippen LogP contribution in [0.1, 0.15) is 23.2 Å². The van der Waals surface area contributed by atoms with Crippen molar-refractivity contribution in [1.82, 2.24) is 4.98 Å². The second-order valence-electron chi connectivity index (χ2n) is 3.07. The zero-order valence-corrected chi connectivity index (χ0v) is 7.88. The maximum Gasteiger partial charge on any atom is 0.307 e. The zero-order valence-electron chi connectivity index (χ0n) is 7.88. The largest absolute Gasteiger partial charge is 0.481 e. The van der Waals surface area contributed by atoms with E-state index in [-0.39, 0.29) is 11.3 Å². The van der Waals surface area contributed by atoms with Gasteiger partial charge in [0.15, 0.2) is 0 Å². The number of carboxylic acid groups (broad SMARTS) is 1. The molecule has 1 rings (SSSR count). The molecule has 0 aromatic carbocycles. The topological polar surface area (TPSA) is 70.2 Å². The first-order chi connectivity index (χ1) is 6.91. The Bertz CT molecular complexity index is 439. The summed E-state index contributed by atoms with van der Waals surface area (Å²) in [5, 5.41) is 8.50. The number of aryl methyl sites for hydroxylation is 1. The minimum absolute atomic E-state index is 0.00810. The van der Waals surface area contributed by atoms with Crippen LogP contribution in [0, 0.1) is 6.92 Å². The number of halogens is 2. The average Bonchev–Trinajstić information content (AvgIpc) is 1.99. The Kier molecular flexibility index (Phi) is 3.18. The number of aromatic amines is 1. The fraction of sp³-hybridized carbons (Fsp3) is 0.333. The van der Waals surface area contributed by atoms with E-state index in [1.54, 1.807) is 0 Å². The Hall–Kier alpha value is -1.72. The summed E-state index contributed by atoms with van der Waals surface area (Å²) in [6.45, 7) is 1.31. The molecule has 0 saturated carbocycles. The minimum Gasteiger partial charge on any atom is -0.481 e. The number of carboxylic acids is 1. The lowest BCUT2D eigenvalue weighted by Gasteiger charge is -2.09. The maximum atomic E-state index is 12.6. The predicted octanol–water partition coefficient (Wildman–Crippen LogP) is 1.25. The molecule has 0 aliphatic carbocycles. The van der Waals surface area contributed by atoms with Crippen molar-refractivity contribution in [1.29, 1.82) is 0 Å². The lowest BCUT2D eigenvalue weighted by atomic mass is 10.0. The molecule has 0 aliphatic heterocycles. The lowest BCUT2D eigenvalue weighted by Crippen LogP contribution is -2.15. The van der Waals surface area contributed by atoms with Crippen LogP contribution in [-0.2, 0) is 11.2 Å². The third-order valence-electron chi connectivity index (χ3n) is 1.93. The number of hydrogen-bond acceptors (Lipinski definition) is 2. The fourth-order valence-corrected chi connectivity index (χ4v) is 1.38. The number of hydrogen-bond donors (Lipinski definition) is 2. The Morgan fingerprint density at radius 1 is 1.60 bits per heavy atom. The molecule has 4 nitrogen and oxygen atoms in total. The monoisotopic (exact) mass is 217 g/mol. The average molecular weight is 217 g/mol. The SMILES string of the molecule is Cc1[nH]c(=O)cc(CC(=O)O)c1C(F)F. The molecule has 0 atom stereocenters. The van der Waals surface area contributed by atoms with E-state index in [0.29, 0.717) is 0 Å². The molecule has 82 valence electrons. The minimum atomic E-state index is -2.80. The normalized spacial score (nSPS) is 10.7. The summed E-state index contributed by atoms with van der Waals surface area (Å²) in [5.74, 6) is -1.25. The molecule has 2 N–H and O–H groups in total. The van der Waals surface area contributed by atoms with Crippen molar-refractivity contribution in [2.45, 2.75) is 19.8 Å². The third-order valence-corrected chi connectivity index (χ3v) is 1.93. The molecule has 15 heavy (non-hydrogen) atoms. The molecule has 0 radical (unpaired) electrons. The molecular weight excluding hydrogens is 208 g/mol. The first kappa shape index (κ1) is 11.4. The van der Waals surface area contributed by atoms with Gasteiger partial charge in [-0.2, -0.15) is 0 Å². The first-order valence-corrected chi connectivity index (χ1v) is 4.14. The van der Waals surface area contributed by atoms with Gasteiger partial charge in [0, 0.05) is 17.3 Å². The number of aromatic nitrogens is 1. The molecule has 1 heterocycles. The Labute approximate surface area is 83.6 Å². The highest BCUT2D eigenvalue weighted by Gasteiger charge is 2.18. The quantitative estimate of drug-likeness (QED) is 0.800. The molecule has 0 saturated heterocycles. The molecule has 0 unspecified atom stereocenters. The maximum absolute atomic E-state index is 12.6. The van der Waals surface area contributed by atoms with Crippen LogP contribution >= 0.6 is 0 Å². The number of rotatable bonds is 3. The molecule has 0 amide bonds. The van der Waals surface area contributed by atoms with Gasteiger partial charge in [0.2, 0.25) is 5.56 Å². The predicted molar refractivity (Wildman–Crippen MR) is 48.1 cm³/mol. The number of pyridine rings is 1. The smallest absolute Gasteiger partial charge is 0.307 e. The van der Waals surface area contributed by atoms with Crippen molar-refractivity contribution in [2.75, 3.05) is 0 Å². The van der Waals surface area contributed by atoms with Crippen LogP contribution in [0.3, 0.4) is 0 Å². The second-order valence-corrected chi connectivity index (χ2v) is 3.07. The van der Waals surface area contributed by atoms with Crippen molar-refractivity contribution < 1.29 is 18.7 Å². The van der Waals surface area contributed by atoms with E-state index in [0.717, 1.165) is 6.07 Å². The highest BCUT2D eigenvalue weighted by Crippen LogP contribution is 2.24. The third kappa shape index (κ3) is 2.61. The van der Waals surface area contributed by atoms with E-state index >= 15 is 0 Å². The van der Waals surface area contributed by atoms with Gasteiger partial charge in [-0.3, -0.25) is 9.59 Å². The Morgan fingerprint density at radius 2 is 2.20 bits per heavy atom. The number of H-pyrrole nitrogens is 1. The van der Waals surface area contributed by atoms with E-state index in [2.05, 4.69) is 4.98 Å². The van der Waals surface area contributed by atoms with Gasteiger partial charge in [0.25, 0.3) is 6.43 Å². The van der Waals surface area contributed by atoms with Gasteiger partial charge in [-0.1, -0.05) is 0 Å². The Morgan fingerprint density at radius 3 is 2.67 bits per heavy atom. The molecular formula is C9H9F2NO3. The van der Waals surface area contributed by atoms with Gasteiger partial charge in [0.05, 0.1) is 6.42 Å². The fourth-order valence-electron chi connectivity index (χ4n) is 1.38. The summed E-state index contributed by atoms with van der Waals surface area (Å²) in [6, 6.07) is 0.891. The van der Waals surface area contributed by atoms with Crippen LogP contribution in [0.25, 0.3) is 0 Å². The second kappa shape index (κ2) is 4.20. The van der Waals surface area contributed by atoms with E-state index in [4.69, 9.17) is 5.11 Å². The van der Waals surface area contributed by atoms with Gasteiger partial charge < -0.3 is 10.1 Å². The van der Waals surface area contributed by atoms with Crippen molar-refractivity contribution in [2.24, 2.45) is 0 Å². The summed E-state index contributed by atoms with van der Waals surface area (Å²) >= 11 is 0. The van der Waals surface area contributed by atoms with Gasteiger partial charge in [-0.15, -0.1) is 0 Å². The Balaban J connectivity index is 3.33. The molecule has 1 aromatic heterocycles. The number of carbonyl (C=O) groups is 1. The standard InChI is InChI=1S/C9H9F2NO3/c1-4-8(9(10)11)5(3-7(14)15)2-6(13)12-4/h2,9H,3H2,1H3,(H,12,13)(H,14,15). The van der Waals surface area contributed by atoms with E-state index in [1.165, 1.54) is 6.92 Å². The zero-order chi connectivity index (χ0) is 11.6. The number of nitrogens with one attached hydrogen (secondary N) is 1. The molecule has 0 spiro atoms. The van der Waals surface area contributed by atoms with E-state index in [9.17, 15) is 18.4 Å². The van der Waals surface area contributed by atoms with Crippen LogP contribution in [0.5, 0.6) is 0 Å². The van der Waals surface area contributed by atoms with Gasteiger partial charge >= 0.3 is 5.97 Å². The summed E-state index contributed by atoms with van der Waals surface area (Å²) in [6.07, 6.45) is -3.37. The lowest BCUT2D eigenvalue weighted by molar-refractivity contribution is -0.136. The summed E-state index contributed by atoms with van der Waals surface area (Å²) in [5.41, 5.74) is -1.11. The van der Waals surface area contributed by atoms with Crippen LogP contribution in [0.2, 0.25) is 0 Å². The molecule has 0 aliphatic rings. The van der Waals surface area contributed by atoms with Crippen LogP contribution in [0.4, 0.5) is 8.78 Å². The number of aliphatic carboxylic acids is 1. The summed E-state index contributed by atoms with van der Waals surface area (Å²) < 4.78 is 25.1. The van der Waals surface area contributed by atoms with Crippen LogP contribution in [-0.4, -0.2) is 16.1 Å². The van der Waals surface area contributed by atoms with Crippen molar-refractivity contribution in [3.05, 3.63) is 33.2 Å². The van der Waals surface area contributed by atoms with Crippen molar-refractivity contribution in [3.63, 3.8) is 0 Å². The van der Waals surface area contributed by atoms with Gasteiger partial charge in [-0.25, -0.2) is 8.78 Å². The van der Waals surface area contributed by atoms with Crippen LogP contribution in [0.15, 0.2) is 10.9 Å². The van der Waals surface area contributed by atoms with Gasteiger partial charge in [-0.05, 0) is 12.5 Å². The van der Waals surface area contributed by atoms with Crippen molar-refractivity contribution in [3.8, 4) is 0 Å². The van der Waals surface area contributed by atoms with Crippen molar-refractivity contribution >= 4 is 5.97 Å². The highest BCUT2D eigenvalue weighted by atomic mass is 19.3. The summed E-state index contributed by atoms with van der Waals surface area (Å²) in [4.78, 5) is 23.6. The molecule has 0 fully saturated rings. The molecule has 1 aromatic rings. The number of alkyl halides is 2. The molecule has 6 heteroatoms. The highest BCUT2D eigenvalue weighted by molar-refractivity contribution is 5.70. The molecule has 0 bridgehead atoms. The van der Waals surface area contributed by atoms with E-state index in [1.807, 2.05) is 0 Å². The van der Waals surface area contributed by atoms with Gasteiger partial charge in [0.1, 0.15) is 0 Å².